The molecule has 0 aromatic carbocycles. The summed E-state index contributed by atoms with van der Waals surface area (Å²) in [7, 11) is 0. The Morgan fingerprint density at radius 2 is 1.79 bits per heavy atom. The quantitative estimate of drug-likeness (QED) is 0.571. The number of hydrogen-bond donors (Lipinski definition) is 0. The molecule has 19 heavy (non-hydrogen) atoms. The van der Waals surface area contributed by atoms with E-state index in [0.29, 0.717) is 6.61 Å². The fourth-order valence-corrected chi connectivity index (χ4v) is 4.27. The molecule has 1 heterocycles. The van der Waals surface area contributed by atoms with Gasteiger partial charge in [-0.3, -0.25) is 10.1 Å². The van der Waals surface area contributed by atoms with Crippen LogP contribution in [-0.2, 0) is 9.47 Å². The summed E-state index contributed by atoms with van der Waals surface area (Å²) in [5.41, 5.74) is -1.19. The lowest BCUT2D eigenvalue weighted by atomic mass is 9.94. The SMILES string of the molecule is CC1(C)[C@@H]([C@H]2COC3(CCCCC3)O2)[C@]1(C)[N+](=O)[O-]. The molecule has 5 nitrogen and oxygen atoms in total. The van der Waals surface area contributed by atoms with Crippen LogP contribution < -0.4 is 0 Å². The molecule has 3 aliphatic rings. The summed E-state index contributed by atoms with van der Waals surface area (Å²) in [5, 5.41) is 11.3. The van der Waals surface area contributed by atoms with Crippen LogP contribution in [0.15, 0.2) is 0 Å². The van der Waals surface area contributed by atoms with Gasteiger partial charge in [-0.2, -0.15) is 0 Å². The van der Waals surface area contributed by atoms with Gasteiger partial charge in [0.05, 0.1) is 18.6 Å². The van der Waals surface area contributed by atoms with Crippen molar-refractivity contribution in [3.63, 3.8) is 0 Å². The van der Waals surface area contributed by atoms with Gasteiger partial charge in [0.2, 0.25) is 5.54 Å². The second-order valence-corrected chi connectivity index (χ2v) is 7.04. The number of rotatable bonds is 2. The van der Waals surface area contributed by atoms with E-state index in [4.69, 9.17) is 9.47 Å². The van der Waals surface area contributed by atoms with Gasteiger partial charge in [0, 0.05) is 30.1 Å². The van der Waals surface area contributed by atoms with E-state index in [-0.39, 0.29) is 22.4 Å². The van der Waals surface area contributed by atoms with Crippen LogP contribution in [0.2, 0.25) is 0 Å². The van der Waals surface area contributed by atoms with Crippen LogP contribution in [0.3, 0.4) is 0 Å². The molecule has 0 bridgehead atoms. The summed E-state index contributed by atoms with van der Waals surface area (Å²) >= 11 is 0. The molecule has 0 N–H and O–H groups in total. The summed E-state index contributed by atoms with van der Waals surface area (Å²) < 4.78 is 12.1. The second-order valence-electron chi connectivity index (χ2n) is 7.04. The summed E-state index contributed by atoms with van der Waals surface area (Å²) in [5.74, 6) is -0.477. The van der Waals surface area contributed by atoms with Gasteiger partial charge < -0.3 is 9.47 Å². The first-order valence-electron chi connectivity index (χ1n) is 7.30. The molecular formula is C14H23NO4. The monoisotopic (exact) mass is 269 g/mol. The molecule has 0 radical (unpaired) electrons. The van der Waals surface area contributed by atoms with Crippen LogP contribution in [0, 0.1) is 21.4 Å². The Labute approximate surface area is 113 Å². The topological polar surface area (TPSA) is 61.6 Å². The molecule has 1 aliphatic heterocycles. The van der Waals surface area contributed by atoms with Crippen molar-refractivity contribution in [2.24, 2.45) is 11.3 Å². The number of ether oxygens (including phenoxy) is 2. The first-order valence-corrected chi connectivity index (χ1v) is 7.30. The van der Waals surface area contributed by atoms with Crippen LogP contribution >= 0.6 is 0 Å². The third-order valence-corrected chi connectivity index (χ3v) is 5.85. The molecule has 5 heteroatoms. The zero-order chi connectivity index (χ0) is 13.9. The van der Waals surface area contributed by atoms with Crippen LogP contribution in [0.25, 0.3) is 0 Å². The molecule has 3 atom stereocenters. The fraction of sp³-hybridized carbons (Fsp3) is 1.00. The summed E-state index contributed by atoms with van der Waals surface area (Å²) in [4.78, 5) is 11.2. The van der Waals surface area contributed by atoms with Crippen LogP contribution in [0.5, 0.6) is 0 Å². The number of nitrogens with zero attached hydrogens (tertiary/aromatic N) is 1. The molecule has 0 aromatic heterocycles. The highest BCUT2D eigenvalue weighted by Crippen LogP contribution is 2.66. The molecule has 0 amide bonds. The smallest absolute Gasteiger partial charge is 0.231 e. The van der Waals surface area contributed by atoms with Gasteiger partial charge >= 0.3 is 0 Å². The summed E-state index contributed by atoms with van der Waals surface area (Å²) in [6, 6.07) is 0. The second kappa shape index (κ2) is 3.92. The minimum Gasteiger partial charge on any atom is -0.347 e. The highest BCUT2D eigenvalue weighted by atomic mass is 16.7. The van der Waals surface area contributed by atoms with Crippen molar-refractivity contribution in [1.29, 1.82) is 0 Å². The van der Waals surface area contributed by atoms with Crippen molar-refractivity contribution in [1.82, 2.24) is 0 Å². The minimum atomic E-state index is -0.874. The maximum atomic E-state index is 11.3. The lowest BCUT2D eigenvalue weighted by molar-refractivity contribution is -0.545. The average molecular weight is 269 g/mol. The van der Waals surface area contributed by atoms with E-state index in [2.05, 4.69) is 0 Å². The van der Waals surface area contributed by atoms with Gasteiger partial charge in [-0.1, -0.05) is 20.3 Å². The van der Waals surface area contributed by atoms with Crippen LogP contribution in [-0.4, -0.2) is 29.0 Å². The highest BCUT2D eigenvalue weighted by molar-refractivity contribution is 5.20. The Balaban J connectivity index is 1.74. The largest absolute Gasteiger partial charge is 0.347 e. The van der Waals surface area contributed by atoms with Gasteiger partial charge in [-0.05, 0) is 12.8 Å². The van der Waals surface area contributed by atoms with E-state index >= 15 is 0 Å². The minimum absolute atomic E-state index is 0.0451. The van der Waals surface area contributed by atoms with Crippen LogP contribution in [0.1, 0.15) is 52.9 Å². The lowest BCUT2D eigenvalue weighted by Crippen LogP contribution is -2.34. The van der Waals surface area contributed by atoms with Gasteiger partial charge in [0.1, 0.15) is 0 Å². The predicted octanol–water partition coefficient (Wildman–Crippen LogP) is 2.75. The maximum Gasteiger partial charge on any atom is 0.231 e. The van der Waals surface area contributed by atoms with E-state index < -0.39 is 11.3 Å². The van der Waals surface area contributed by atoms with Crippen molar-refractivity contribution in [2.75, 3.05) is 6.61 Å². The lowest BCUT2D eigenvalue weighted by Gasteiger charge is -2.31. The van der Waals surface area contributed by atoms with Crippen molar-refractivity contribution < 1.29 is 14.4 Å². The Hall–Kier alpha value is -0.680. The molecule has 0 aromatic rings. The first kappa shape index (κ1) is 13.3. The van der Waals surface area contributed by atoms with E-state index in [9.17, 15) is 10.1 Å². The third kappa shape index (κ3) is 1.67. The third-order valence-electron chi connectivity index (χ3n) is 5.85. The Kier molecular flexibility index (Phi) is 2.74. The number of hydrogen-bond acceptors (Lipinski definition) is 4. The van der Waals surface area contributed by atoms with E-state index in [1.807, 2.05) is 13.8 Å². The molecule has 3 fully saturated rings. The standard InChI is InChI=1S/C14H23NO4/c1-12(2)11(13(12,3)15(16)17)10-9-18-14(19-10)7-5-4-6-8-14/h10-11H,4-9H2,1-3H3/t10-,11-,13+/m1/s1. The highest BCUT2D eigenvalue weighted by Gasteiger charge is 2.81. The molecular weight excluding hydrogens is 246 g/mol. The molecule has 1 saturated heterocycles. The molecule has 2 aliphatic carbocycles. The van der Waals surface area contributed by atoms with E-state index in [1.165, 1.54) is 6.42 Å². The van der Waals surface area contributed by atoms with Gasteiger partial charge in [0.15, 0.2) is 5.79 Å². The molecule has 1 spiro atoms. The molecule has 3 rings (SSSR count). The van der Waals surface area contributed by atoms with E-state index in [1.54, 1.807) is 6.92 Å². The van der Waals surface area contributed by atoms with E-state index in [0.717, 1.165) is 25.7 Å². The van der Waals surface area contributed by atoms with Gasteiger partial charge in [-0.15, -0.1) is 0 Å². The van der Waals surface area contributed by atoms with Crippen molar-refractivity contribution in [3.05, 3.63) is 10.1 Å². The summed E-state index contributed by atoms with van der Waals surface area (Å²) in [6.45, 7) is 6.19. The van der Waals surface area contributed by atoms with Gasteiger partial charge in [0.25, 0.3) is 0 Å². The molecule has 108 valence electrons. The average Bonchev–Trinajstić information content (AvgIpc) is 2.66. The molecule has 0 unspecified atom stereocenters. The number of nitro groups is 1. The summed E-state index contributed by atoms with van der Waals surface area (Å²) in [6.07, 6.45) is 5.25. The maximum absolute atomic E-state index is 11.3. The fourth-order valence-electron chi connectivity index (χ4n) is 4.27. The zero-order valence-corrected chi connectivity index (χ0v) is 12.0. The zero-order valence-electron chi connectivity index (χ0n) is 12.0. The van der Waals surface area contributed by atoms with Crippen molar-refractivity contribution in [3.8, 4) is 0 Å². The normalized spacial score (nSPS) is 43.3. The van der Waals surface area contributed by atoms with Gasteiger partial charge in [-0.25, -0.2) is 0 Å². The first-order chi connectivity index (χ1) is 8.83. The van der Waals surface area contributed by atoms with Crippen molar-refractivity contribution >= 4 is 0 Å². The molecule has 2 saturated carbocycles. The predicted molar refractivity (Wildman–Crippen MR) is 69.3 cm³/mol. The Morgan fingerprint density at radius 1 is 1.16 bits per heavy atom. The Bertz CT molecular complexity index is 402. The Morgan fingerprint density at radius 3 is 2.32 bits per heavy atom. The van der Waals surface area contributed by atoms with Crippen LogP contribution in [0.4, 0.5) is 0 Å². The van der Waals surface area contributed by atoms with Crippen molar-refractivity contribution in [2.45, 2.75) is 70.3 Å².